The summed E-state index contributed by atoms with van der Waals surface area (Å²) in [5.41, 5.74) is 5.35. The Morgan fingerprint density at radius 1 is 1.00 bits per heavy atom. The predicted molar refractivity (Wildman–Crippen MR) is 100 cm³/mol. The lowest BCUT2D eigenvalue weighted by Gasteiger charge is -2.29. The second-order valence-corrected chi connectivity index (χ2v) is 6.78. The van der Waals surface area contributed by atoms with Crippen LogP contribution in [0.5, 0.6) is 0 Å². The first kappa shape index (κ1) is 16.0. The van der Waals surface area contributed by atoms with Crippen molar-refractivity contribution >= 4 is 5.57 Å². The van der Waals surface area contributed by atoms with Gasteiger partial charge in [0.15, 0.2) is 0 Å². The summed E-state index contributed by atoms with van der Waals surface area (Å²) in [6, 6.07) is 19.4. The molecule has 0 unspecified atom stereocenters. The fourth-order valence-electron chi connectivity index (χ4n) is 3.32. The highest BCUT2D eigenvalue weighted by Gasteiger charge is 2.14. The van der Waals surface area contributed by atoms with Crippen molar-refractivity contribution in [2.24, 2.45) is 5.92 Å². The highest BCUT2D eigenvalue weighted by molar-refractivity contribution is 5.80. The van der Waals surface area contributed by atoms with Gasteiger partial charge in [-0.1, -0.05) is 67.6 Å². The van der Waals surface area contributed by atoms with Gasteiger partial charge in [-0.2, -0.15) is 0 Å². The third-order valence-electron chi connectivity index (χ3n) is 4.97. The van der Waals surface area contributed by atoms with E-state index in [0.717, 1.165) is 12.5 Å². The van der Waals surface area contributed by atoms with E-state index >= 15 is 0 Å². The van der Waals surface area contributed by atoms with Crippen LogP contribution in [0.25, 0.3) is 16.7 Å². The topological polar surface area (TPSA) is 3.24 Å². The third-order valence-corrected chi connectivity index (χ3v) is 4.97. The van der Waals surface area contributed by atoms with Crippen LogP contribution >= 0.6 is 0 Å². The van der Waals surface area contributed by atoms with E-state index in [2.05, 4.69) is 79.4 Å². The van der Waals surface area contributed by atoms with E-state index in [-0.39, 0.29) is 0 Å². The Balaban J connectivity index is 1.77. The molecule has 0 atom stereocenters. The van der Waals surface area contributed by atoms with Gasteiger partial charge in [0.2, 0.25) is 0 Å². The second-order valence-electron chi connectivity index (χ2n) is 6.78. The van der Waals surface area contributed by atoms with Gasteiger partial charge in [-0.05, 0) is 61.0 Å². The zero-order chi connectivity index (χ0) is 16.1. The van der Waals surface area contributed by atoms with Gasteiger partial charge >= 0.3 is 0 Å². The van der Waals surface area contributed by atoms with Crippen molar-refractivity contribution in [2.45, 2.75) is 26.7 Å². The molecule has 2 aromatic carbocycles. The number of nitrogens with zero attached hydrogens (tertiary/aromatic N) is 1. The van der Waals surface area contributed by atoms with E-state index in [0.29, 0.717) is 0 Å². The van der Waals surface area contributed by atoms with Crippen molar-refractivity contribution in [1.29, 1.82) is 0 Å². The van der Waals surface area contributed by atoms with Crippen LogP contribution in [-0.4, -0.2) is 24.5 Å². The van der Waals surface area contributed by atoms with E-state index in [1.54, 1.807) is 0 Å². The summed E-state index contributed by atoms with van der Waals surface area (Å²) in [5, 5.41) is 0. The molecular weight excluding hydrogens is 278 g/mol. The number of hydrogen-bond donors (Lipinski definition) is 0. The molecule has 1 fully saturated rings. The number of allylic oxidation sites excluding steroid dienone is 1. The van der Waals surface area contributed by atoms with Crippen LogP contribution in [0.1, 0.15) is 32.3 Å². The first-order valence-electron chi connectivity index (χ1n) is 8.78. The zero-order valence-electron chi connectivity index (χ0n) is 14.3. The summed E-state index contributed by atoms with van der Waals surface area (Å²) in [5.74, 6) is 0.898. The maximum Gasteiger partial charge on any atom is 0.0169 e. The summed E-state index contributed by atoms with van der Waals surface area (Å²) in [6.07, 6.45) is 5.08. The molecule has 0 saturated carbocycles. The van der Waals surface area contributed by atoms with Gasteiger partial charge in [0.1, 0.15) is 0 Å². The van der Waals surface area contributed by atoms with Crippen LogP contribution in [0.4, 0.5) is 0 Å². The van der Waals surface area contributed by atoms with E-state index in [9.17, 15) is 0 Å². The normalized spacial score (nSPS) is 17.4. The average Bonchev–Trinajstić information content (AvgIpc) is 2.62. The molecule has 1 heteroatoms. The molecule has 0 N–H and O–H groups in total. The molecule has 1 aliphatic heterocycles. The lowest BCUT2D eigenvalue weighted by atomic mass is 9.95. The van der Waals surface area contributed by atoms with Gasteiger partial charge in [0.25, 0.3) is 0 Å². The molecule has 0 bridgehead atoms. The molecule has 1 aliphatic rings. The minimum Gasteiger partial charge on any atom is -0.300 e. The van der Waals surface area contributed by atoms with E-state index in [1.807, 2.05) is 0 Å². The smallest absolute Gasteiger partial charge is 0.0169 e. The van der Waals surface area contributed by atoms with Gasteiger partial charge < -0.3 is 0 Å². The third kappa shape index (κ3) is 4.11. The van der Waals surface area contributed by atoms with Gasteiger partial charge in [0, 0.05) is 6.54 Å². The largest absolute Gasteiger partial charge is 0.300 e. The molecule has 1 nitrogen and oxygen atoms in total. The van der Waals surface area contributed by atoms with Crippen LogP contribution < -0.4 is 0 Å². The van der Waals surface area contributed by atoms with Crippen LogP contribution in [-0.2, 0) is 0 Å². The highest BCUT2D eigenvalue weighted by atomic mass is 15.1. The maximum absolute atomic E-state index is 2.58. The highest BCUT2D eigenvalue weighted by Crippen LogP contribution is 2.28. The fraction of sp³-hybridized carbons (Fsp3) is 0.364. The monoisotopic (exact) mass is 305 g/mol. The number of benzene rings is 2. The van der Waals surface area contributed by atoms with Gasteiger partial charge in [-0.15, -0.1) is 0 Å². The Labute approximate surface area is 140 Å². The molecule has 1 saturated heterocycles. The molecule has 0 radical (unpaired) electrons. The van der Waals surface area contributed by atoms with Crippen LogP contribution in [0.2, 0.25) is 0 Å². The molecular formula is C22H27N. The molecule has 0 aliphatic carbocycles. The van der Waals surface area contributed by atoms with Crippen molar-refractivity contribution in [2.75, 3.05) is 19.6 Å². The molecule has 0 aromatic heterocycles. The molecule has 2 aromatic rings. The summed E-state index contributed by atoms with van der Waals surface area (Å²) < 4.78 is 0. The molecule has 23 heavy (non-hydrogen) atoms. The Morgan fingerprint density at radius 3 is 2.39 bits per heavy atom. The molecule has 3 rings (SSSR count). The predicted octanol–water partition coefficient (Wildman–Crippen LogP) is 5.49. The number of rotatable bonds is 4. The maximum atomic E-state index is 2.58. The molecule has 1 heterocycles. The van der Waals surface area contributed by atoms with Gasteiger partial charge in [-0.25, -0.2) is 0 Å². The Hall–Kier alpha value is -1.86. The number of likely N-dealkylation sites (tertiary alicyclic amines) is 1. The van der Waals surface area contributed by atoms with Crippen LogP contribution in [0, 0.1) is 5.92 Å². The lowest BCUT2D eigenvalue weighted by Crippen LogP contribution is -2.32. The lowest BCUT2D eigenvalue weighted by molar-refractivity contribution is 0.210. The van der Waals surface area contributed by atoms with Crippen molar-refractivity contribution in [1.82, 2.24) is 4.90 Å². The van der Waals surface area contributed by atoms with Crippen LogP contribution in [0.3, 0.4) is 0 Å². The van der Waals surface area contributed by atoms with E-state index in [4.69, 9.17) is 0 Å². The fourth-order valence-corrected chi connectivity index (χ4v) is 3.32. The van der Waals surface area contributed by atoms with Crippen molar-refractivity contribution in [3.63, 3.8) is 0 Å². The first-order valence-corrected chi connectivity index (χ1v) is 8.78. The Morgan fingerprint density at radius 2 is 1.65 bits per heavy atom. The summed E-state index contributed by atoms with van der Waals surface area (Å²) >= 11 is 0. The average molecular weight is 305 g/mol. The van der Waals surface area contributed by atoms with E-state index < -0.39 is 0 Å². The summed E-state index contributed by atoms with van der Waals surface area (Å²) in [4.78, 5) is 2.58. The van der Waals surface area contributed by atoms with Crippen molar-refractivity contribution in [3.05, 3.63) is 66.2 Å². The Kier molecular flexibility index (Phi) is 5.30. The summed E-state index contributed by atoms with van der Waals surface area (Å²) in [7, 11) is 0. The summed E-state index contributed by atoms with van der Waals surface area (Å²) in [6.45, 7) is 8.17. The minimum atomic E-state index is 0.898. The number of hydrogen-bond acceptors (Lipinski definition) is 1. The second kappa shape index (κ2) is 7.61. The van der Waals surface area contributed by atoms with Crippen molar-refractivity contribution in [3.8, 4) is 11.1 Å². The first-order chi connectivity index (χ1) is 11.2. The zero-order valence-corrected chi connectivity index (χ0v) is 14.3. The van der Waals surface area contributed by atoms with Gasteiger partial charge in [0.05, 0.1) is 0 Å². The standard InChI is InChI=1S/C22H27N/c1-18-12-15-23(16-13-18)17-14-19(2)21-10-6-7-11-22(21)20-8-4-3-5-9-20/h3-11,14,18H,12-13,15-17H2,1-2H3. The quantitative estimate of drug-likeness (QED) is 0.722. The molecule has 0 amide bonds. The van der Waals surface area contributed by atoms with Gasteiger partial charge in [-0.3, -0.25) is 4.90 Å². The molecule has 0 spiro atoms. The minimum absolute atomic E-state index is 0.898. The number of piperidine rings is 1. The van der Waals surface area contributed by atoms with Crippen molar-refractivity contribution < 1.29 is 0 Å². The van der Waals surface area contributed by atoms with E-state index in [1.165, 1.54) is 48.2 Å². The Bertz CT molecular complexity index is 649. The molecule has 120 valence electrons. The SMILES string of the molecule is CC(=CCN1CCC(C)CC1)c1ccccc1-c1ccccc1. The van der Waals surface area contributed by atoms with Crippen LogP contribution in [0.15, 0.2) is 60.7 Å².